The van der Waals surface area contributed by atoms with Gasteiger partial charge in [0.1, 0.15) is 10.3 Å². The van der Waals surface area contributed by atoms with Gasteiger partial charge in [-0.05, 0) is 28.1 Å². The van der Waals surface area contributed by atoms with Crippen molar-refractivity contribution in [3.05, 3.63) is 34.7 Å². The van der Waals surface area contributed by atoms with Crippen LogP contribution in [-0.4, -0.2) is 22.0 Å². The maximum Gasteiger partial charge on any atom is 0.241 e. The molecule has 1 aliphatic rings. The lowest BCUT2D eigenvalue weighted by Crippen LogP contribution is -2.03. The molecule has 3 heterocycles. The van der Waals surface area contributed by atoms with Crippen molar-refractivity contribution in [3.63, 3.8) is 0 Å². The third kappa shape index (κ3) is 1.37. The molecular formula is C9H7BrN4O. The van der Waals surface area contributed by atoms with Crippen LogP contribution < -0.4 is 5.43 Å². The summed E-state index contributed by atoms with van der Waals surface area (Å²) in [5.74, 6) is 0.609. The summed E-state index contributed by atoms with van der Waals surface area (Å²) in [6, 6.07) is 3.85. The van der Waals surface area contributed by atoms with E-state index in [1.54, 1.807) is 6.20 Å². The number of imidazole rings is 1. The van der Waals surface area contributed by atoms with Crippen LogP contribution in [0.2, 0.25) is 0 Å². The van der Waals surface area contributed by atoms with Crippen LogP contribution >= 0.6 is 15.9 Å². The van der Waals surface area contributed by atoms with Gasteiger partial charge in [-0.2, -0.15) is 0 Å². The summed E-state index contributed by atoms with van der Waals surface area (Å²) >= 11 is 3.41. The molecule has 15 heavy (non-hydrogen) atoms. The zero-order chi connectivity index (χ0) is 10.3. The van der Waals surface area contributed by atoms with E-state index in [1.807, 2.05) is 22.7 Å². The second kappa shape index (κ2) is 3.23. The molecule has 0 aliphatic carbocycles. The number of nitrogens with zero attached hydrogens (tertiary/aromatic N) is 3. The van der Waals surface area contributed by atoms with Crippen molar-refractivity contribution in [1.82, 2.24) is 14.8 Å². The normalized spacial score (nSPS) is 14.9. The summed E-state index contributed by atoms with van der Waals surface area (Å²) in [7, 11) is 0. The van der Waals surface area contributed by atoms with Crippen LogP contribution in [-0.2, 0) is 4.74 Å². The number of hydrogen-bond acceptors (Lipinski definition) is 4. The molecule has 0 saturated heterocycles. The molecule has 5 nitrogen and oxygen atoms in total. The van der Waals surface area contributed by atoms with E-state index < -0.39 is 0 Å². The standard InChI is InChI=1S/C9H7BrN4O/c10-7-3-11-8-2-1-6(4-14(7)8)9-13-12-5-15-9/h1-4,12H,5H2. The largest absolute Gasteiger partial charge is 0.454 e. The van der Waals surface area contributed by atoms with Gasteiger partial charge in [0.05, 0.1) is 11.8 Å². The van der Waals surface area contributed by atoms with Crippen LogP contribution in [0.4, 0.5) is 0 Å². The highest BCUT2D eigenvalue weighted by molar-refractivity contribution is 9.10. The number of hydrazone groups is 1. The Bertz CT molecular complexity index is 548. The van der Waals surface area contributed by atoms with Crippen LogP contribution in [0.25, 0.3) is 5.65 Å². The second-order valence-electron chi connectivity index (χ2n) is 3.09. The smallest absolute Gasteiger partial charge is 0.241 e. The first-order valence-electron chi connectivity index (χ1n) is 4.41. The fourth-order valence-corrected chi connectivity index (χ4v) is 1.85. The number of halogens is 1. The summed E-state index contributed by atoms with van der Waals surface area (Å²) in [5.41, 5.74) is 4.57. The van der Waals surface area contributed by atoms with E-state index in [0.29, 0.717) is 12.6 Å². The molecule has 0 bridgehead atoms. The van der Waals surface area contributed by atoms with Gasteiger partial charge in [-0.1, -0.05) is 0 Å². The first-order valence-corrected chi connectivity index (χ1v) is 5.20. The molecular weight excluding hydrogens is 260 g/mol. The van der Waals surface area contributed by atoms with Gasteiger partial charge in [0.15, 0.2) is 6.73 Å². The highest BCUT2D eigenvalue weighted by Gasteiger charge is 2.11. The Hall–Kier alpha value is -1.56. The van der Waals surface area contributed by atoms with E-state index in [4.69, 9.17) is 4.74 Å². The fourth-order valence-electron chi connectivity index (χ4n) is 1.46. The van der Waals surface area contributed by atoms with Crippen molar-refractivity contribution in [1.29, 1.82) is 0 Å². The van der Waals surface area contributed by atoms with Crippen molar-refractivity contribution in [2.45, 2.75) is 0 Å². The van der Waals surface area contributed by atoms with Crippen LogP contribution in [0, 0.1) is 0 Å². The third-order valence-electron chi connectivity index (χ3n) is 2.16. The third-order valence-corrected chi connectivity index (χ3v) is 2.75. The SMILES string of the molecule is Brc1cnc2ccc(C3=NNCO3)cn12. The molecule has 0 amide bonds. The average molecular weight is 267 g/mol. The van der Waals surface area contributed by atoms with Crippen LogP contribution in [0.5, 0.6) is 0 Å². The Morgan fingerprint density at radius 2 is 2.40 bits per heavy atom. The lowest BCUT2D eigenvalue weighted by atomic mass is 10.3. The summed E-state index contributed by atoms with van der Waals surface area (Å²) < 4.78 is 8.13. The quantitative estimate of drug-likeness (QED) is 0.848. The van der Waals surface area contributed by atoms with Gasteiger partial charge in [-0.3, -0.25) is 9.83 Å². The van der Waals surface area contributed by atoms with Gasteiger partial charge in [0.25, 0.3) is 0 Å². The molecule has 0 fully saturated rings. The van der Waals surface area contributed by atoms with Gasteiger partial charge in [-0.25, -0.2) is 4.98 Å². The lowest BCUT2D eigenvalue weighted by molar-refractivity contribution is 0.316. The molecule has 1 N–H and O–H groups in total. The zero-order valence-corrected chi connectivity index (χ0v) is 9.23. The number of rotatable bonds is 1. The Labute approximate surface area is 93.9 Å². The van der Waals surface area contributed by atoms with Gasteiger partial charge in [0, 0.05) is 6.20 Å². The molecule has 2 aromatic heterocycles. The molecule has 0 aromatic carbocycles. The summed E-state index contributed by atoms with van der Waals surface area (Å²) in [4.78, 5) is 4.21. The second-order valence-corrected chi connectivity index (χ2v) is 3.90. The van der Waals surface area contributed by atoms with Crippen molar-refractivity contribution < 1.29 is 4.74 Å². The fraction of sp³-hybridized carbons (Fsp3) is 0.111. The number of pyridine rings is 1. The Balaban J connectivity index is 2.16. The molecule has 0 saturated carbocycles. The summed E-state index contributed by atoms with van der Waals surface area (Å²) in [5, 5.41) is 4.02. The minimum atomic E-state index is 0.429. The Morgan fingerprint density at radius 1 is 1.47 bits per heavy atom. The number of nitrogens with one attached hydrogen (secondary N) is 1. The predicted molar refractivity (Wildman–Crippen MR) is 58.5 cm³/mol. The van der Waals surface area contributed by atoms with Gasteiger partial charge in [0.2, 0.25) is 5.90 Å². The van der Waals surface area contributed by atoms with Gasteiger partial charge in [-0.15, -0.1) is 5.10 Å². The van der Waals surface area contributed by atoms with Crippen molar-refractivity contribution in [2.24, 2.45) is 5.10 Å². The minimum Gasteiger partial charge on any atom is -0.454 e. The van der Waals surface area contributed by atoms with E-state index in [2.05, 4.69) is 31.4 Å². The van der Waals surface area contributed by atoms with Crippen LogP contribution in [0.1, 0.15) is 5.56 Å². The number of ether oxygens (including phenoxy) is 1. The summed E-state index contributed by atoms with van der Waals surface area (Å²) in [6.45, 7) is 0.429. The minimum absolute atomic E-state index is 0.429. The number of hydrogen-bond donors (Lipinski definition) is 1. The molecule has 3 rings (SSSR count). The molecule has 0 unspecified atom stereocenters. The Morgan fingerprint density at radius 3 is 3.20 bits per heavy atom. The van der Waals surface area contributed by atoms with E-state index in [0.717, 1.165) is 15.8 Å². The van der Waals surface area contributed by atoms with Crippen LogP contribution in [0.15, 0.2) is 34.2 Å². The summed E-state index contributed by atoms with van der Waals surface area (Å²) in [6.07, 6.45) is 3.69. The molecule has 0 spiro atoms. The van der Waals surface area contributed by atoms with E-state index in [9.17, 15) is 0 Å². The molecule has 1 aliphatic heterocycles. The van der Waals surface area contributed by atoms with Gasteiger partial charge < -0.3 is 4.74 Å². The van der Waals surface area contributed by atoms with Crippen molar-refractivity contribution in [3.8, 4) is 0 Å². The monoisotopic (exact) mass is 266 g/mol. The topological polar surface area (TPSA) is 50.9 Å². The predicted octanol–water partition coefficient (Wildman–Crippen LogP) is 1.34. The first kappa shape index (κ1) is 8.72. The van der Waals surface area contributed by atoms with E-state index >= 15 is 0 Å². The molecule has 0 atom stereocenters. The average Bonchev–Trinajstić information content (AvgIpc) is 2.88. The highest BCUT2D eigenvalue weighted by atomic mass is 79.9. The van der Waals surface area contributed by atoms with Crippen molar-refractivity contribution in [2.75, 3.05) is 6.73 Å². The molecule has 6 heteroatoms. The highest BCUT2D eigenvalue weighted by Crippen LogP contribution is 2.15. The van der Waals surface area contributed by atoms with E-state index in [1.165, 1.54) is 0 Å². The zero-order valence-electron chi connectivity index (χ0n) is 7.64. The Kier molecular flexibility index (Phi) is 1.88. The lowest BCUT2D eigenvalue weighted by Gasteiger charge is -2.01. The van der Waals surface area contributed by atoms with Crippen molar-refractivity contribution >= 4 is 27.5 Å². The molecule has 2 aromatic rings. The van der Waals surface area contributed by atoms with Gasteiger partial charge >= 0.3 is 0 Å². The number of fused-ring (bicyclic) bond motifs is 1. The number of aromatic nitrogens is 2. The molecule has 76 valence electrons. The first-order chi connectivity index (χ1) is 7.34. The van der Waals surface area contributed by atoms with Crippen LogP contribution in [0.3, 0.4) is 0 Å². The maximum atomic E-state index is 5.29. The molecule has 0 radical (unpaired) electrons. The van der Waals surface area contributed by atoms with E-state index in [-0.39, 0.29) is 0 Å². The maximum absolute atomic E-state index is 5.29.